The third kappa shape index (κ3) is 2.91. The average Bonchev–Trinajstić information content (AvgIpc) is 3.16. The molecule has 4 aliphatic carbocycles. The highest BCUT2D eigenvalue weighted by molar-refractivity contribution is 7.22. The molecule has 154 valence electrons. The van der Waals surface area contributed by atoms with Crippen molar-refractivity contribution >= 4 is 44.2 Å². The molecule has 1 saturated heterocycles. The van der Waals surface area contributed by atoms with Gasteiger partial charge in [-0.05, 0) is 74.8 Å². The first-order chi connectivity index (χ1) is 14.0. The molecule has 6 heteroatoms. The van der Waals surface area contributed by atoms with Crippen molar-refractivity contribution in [1.82, 2.24) is 9.88 Å². The summed E-state index contributed by atoms with van der Waals surface area (Å²) in [7, 11) is 0. The highest BCUT2D eigenvalue weighted by Crippen LogP contribution is 2.60. The van der Waals surface area contributed by atoms with Crippen molar-refractivity contribution in [2.24, 2.45) is 23.2 Å². The fraction of sp³-hybridized carbons (Fsp3) is 0.652. The van der Waals surface area contributed by atoms with Crippen LogP contribution in [0.15, 0.2) is 12.1 Å². The number of piperazine rings is 1. The predicted octanol–water partition coefficient (Wildman–Crippen LogP) is 5.12. The van der Waals surface area contributed by atoms with Crippen LogP contribution >= 0.6 is 22.9 Å². The van der Waals surface area contributed by atoms with E-state index in [-0.39, 0.29) is 5.41 Å². The Labute approximate surface area is 181 Å². The van der Waals surface area contributed by atoms with E-state index < -0.39 is 0 Å². The first kappa shape index (κ1) is 18.4. The zero-order valence-electron chi connectivity index (χ0n) is 17.0. The number of fused-ring (bicyclic) bond motifs is 1. The van der Waals surface area contributed by atoms with Crippen molar-refractivity contribution < 1.29 is 4.79 Å². The van der Waals surface area contributed by atoms with E-state index in [0.717, 1.165) is 83.6 Å². The van der Waals surface area contributed by atoms with E-state index in [4.69, 9.17) is 16.6 Å². The molecule has 7 rings (SSSR count). The molecule has 4 bridgehead atoms. The number of carbonyl (C=O) groups excluding carboxylic acids is 1. The molecule has 4 saturated carbocycles. The fourth-order valence-corrected chi connectivity index (χ4v) is 8.40. The lowest BCUT2D eigenvalue weighted by Gasteiger charge is -2.57. The second-order valence-electron chi connectivity index (χ2n) is 10.0. The molecule has 1 aromatic carbocycles. The summed E-state index contributed by atoms with van der Waals surface area (Å²) >= 11 is 8.08. The van der Waals surface area contributed by atoms with Crippen LogP contribution in [0.3, 0.4) is 0 Å². The minimum absolute atomic E-state index is 0.0164. The number of benzene rings is 1. The Morgan fingerprint density at radius 1 is 1.07 bits per heavy atom. The standard InChI is InChI=1S/C23H28ClN3OS/c1-14-2-3-18(24)20-19(14)25-22(29-20)27-6-4-26(5-7-27)21(28)23-11-15-8-16(12-23)10-17(9-15)13-23/h2-3,15-17H,4-13H2,1H3. The van der Waals surface area contributed by atoms with Gasteiger partial charge < -0.3 is 9.80 Å². The molecular formula is C23H28ClN3OS. The van der Waals surface area contributed by atoms with E-state index in [1.165, 1.54) is 24.8 Å². The van der Waals surface area contributed by atoms with E-state index in [0.29, 0.717) is 5.91 Å². The van der Waals surface area contributed by atoms with Crippen LogP contribution in [0.25, 0.3) is 10.2 Å². The van der Waals surface area contributed by atoms with Gasteiger partial charge in [0.2, 0.25) is 5.91 Å². The summed E-state index contributed by atoms with van der Waals surface area (Å²) in [5.74, 6) is 2.94. The summed E-state index contributed by atoms with van der Waals surface area (Å²) in [6.45, 7) is 5.47. The number of halogens is 1. The van der Waals surface area contributed by atoms with E-state index in [2.05, 4.69) is 16.7 Å². The summed E-state index contributed by atoms with van der Waals surface area (Å²) in [4.78, 5) is 23.0. The number of anilines is 1. The molecule has 1 aromatic heterocycles. The molecule has 29 heavy (non-hydrogen) atoms. The molecular weight excluding hydrogens is 402 g/mol. The Bertz CT molecular complexity index is 904. The maximum Gasteiger partial charge on any atom is 0.228 e. The smallest absolute Gasteiger partial charge is 0.228 e. The maximum atomic E-state index is 13.6. The molecule has 0 N–H and O–H groups in total. The van der Waals surface area contributed by atoms with Crippen LogP contribution in [0, 0.1) is 30.1 Å². The van der Waals surface area contributed by atoms with Gasteiger partial charge in [0, 0.05) is 26.2 Å². The largest absolute Gasteiger partial charge is 0.345 e. The Hall–Kier alpha value is -1.33. The molecule has 0 spiro atoms. The number of thiazole rings is 1. The highest BCUT2D eigenvalue weighted by Gasteiger charge is 2.55. The summed E-state index contributed by atoms with van der Waals surface area (Å²) in [5, 5.41) is 1.82. The second kappa shape index (κ2) is 6.58. The van der Waals surface area contributed by atoms with E-state index in [1.54, 1.807) is 11.3 Å². The molecule has 0 unspecified atom stereocenters. The number of aromatic nitrogens is 1. The molecule has 5 aliphatic rings. The minimum atomic E-state index is -0.0164. The Morgan fingerprint density at radius 3 is 2.28 bits per heavy atom. The van der Waals surface area contributed by atoms with Gasteiger partial charge in [-0.3, -0.25) is 4.79 Å². The maximum absolute atomic E-state index is 13.6. The number of aryl methyl sites for hydroxylation is 1. The molecule has 1 amide bonds. The van der Waals surface area contributed by atoms with Gasteiger partial charge in [0.25, 0.3) is 0 Å². The quantitative estimate of drug-likeness (QED) is 0.664. The van der Waals surface area contributed by atoms with E-state index >= 15 is 0 Å². The van der Waals surface area contributed by atoms with Crippen LogP contribution in [0.5, 0.6) is 0 Å². The normalized spacial score (nSPS) is 33.7. The Kier molecular flexibility index (Phi) is 4.19. The van der Waals surface area contributed by atoms with Crippen molar-refractivity contribution in [2.75, 3.05) is 31.1 Å². The van der Waals surface area contributed by atoms with Crippen molar-refractivity contribution in [1.29, 1.82) is 0 Å². The van der Waals surface area contributed by atoms with Gasteiger partial charge in [0.05, 0.1) is 20.7 Å². The monoisotopic (exact) mass is 429 g/mol. The number of hydrogen-bond donors (Lipinski definition) is 0. The molecule has 2 aromatic rings. The van der Waals surface area contributed by atoms with Crippen molar-refractivity contribution in [3.05, 3.63) is 22.7 Å². The van der Waals surface area contributed by atoms with Crippen LogP contribution < -0.4 is 4.90 Å². The van der Waals surface area contributed by atoms with Crippen LogP contribution in [0.1, 0.15) is 44.1 Å². The van der Waals surface area contributed by atoms with Gasteiger partial charge in [-0.2, -0.15) is 0 Å². The fourth-order valence-electron chi connectivity index (χ4n) is 7.03. The molecule has 0 radical (unpaired) electrons. The van der Waals surface area contributed by atoms with Crippen molar-refractivity contribution in [2.45, 2.75) is 45.4 Å². The Balaban J connectivity index is 1.18. The number of carbonyl (C=O) groups is 1. The van der Waals surface area contributed by atoms with Crippen LogP contribution in [0.4, 0.5) is 5.13 Å². The van der Waals surface area contributed by atoms with Gasteiger partial charge in [-0.25, -0.2) is 4.98 Å². The Morgan fingerprint density at radius 2 is 1.69 bits per heavy atom. The molecule has 4 nitrogen and oxygen atoms in total. The second-order valence-corrected chi connectivity index (χ2v) is 11.4. The SMILES string of the molecule is Cc1ccc(Cl)c2sc(N3CCN(C(=O)C45CC6CC(CC(C6)C4)C5)CC3)nc12. The summed E-state index contributed by atoms with van der Waals surface area (Å²) in [6, 6.07) is 4.00. The van der Waals surface area contributed by atoms with Crippen molar-refractivity contribution in [3.63, 3.8) is 0 Å². The van der Waals surface area contributed by atoms with Gasteiger partial charge in [0.1, 0.15) is 0 Å². The number of amides is 1. The van der Waals surface area contributed by atoms with Crippen LogP contribution in [-0.4, -0.2) is 42.0 Å². The highest BCUT2D eigenvalue weighted by atomic mass is 35.5. The summed E-state index contributed by atoms with van der Waals surface area (Å²) < 4.78 is 1.08. The van der Waals surface area contributed by atoms with Crippen LogP contribution in [0.2, 0.25) is 5.02 Å². The molecule has 2 heterocycles. The van der Waals surface area contributed by atoms with E-state index in [1.807, 2.05) is 12.1 Å². The summed E-state index contributed by atoms with van der Waals surface area (Å²) in [6.07, 6.45) is 7.65. The van der Waals surface area contributed by atoms with Gasteiger partial charge in [0.15, 0.2) is 5.13 Å². The van der Waals surface area contributed by atoms with E-state index in [9.17, 15) is 4.79 Å². The number of nitrogens with zero attached hydrogens (tertiary/aromatic N) is 3. The topological polar surface area (TPSA) is 36.4 Å². The first-order valence-electron chi connectivity index (χ1n) is 11.1. The predicted molar refractivity (Wildman–Crippen MR) is 119 cm³/mol. The van der Waals surface area contributed by atoms with Gasteiger partial charge in [-0.1, -0.05) is 29.0 Å². The van der Waals surface area contributed by atoms with Gasteiger partial charge >= 0.3 is 0 Å². The summed E-state index contributed by atoms with van der Waals surface area (Å²) in [5.41, 5.74) is 2.17. The molecule has 1 aliphatic heterocycles. The lowest BCUT2D eigenvalue weighted by Crippen LogP contribution is -2.58. The third-order valence-corrected chi connectivity index (χ3v) is 9.59. The number of hydrogen-bond acceptors (Lipinski definition) is 4. The molecule has 0 atom stereocenters. The zero-order valence-corrected chi connectivity index (χ0v) is 18.6. The molecule has 5 fully saturated rings. The lowest BCUT2D eigenvalue weighted by atomic mass is 9.49. The third-order valence-electron chi connectivity index (χ3n) is 8.02. The van der Waals surface area contributed by atoms with Gasteiger partial charge in [-0.15, -0.1) is 0 Å². The average molecular weight is 430 g/mol. The number of rotatable bonds is 2. The van der Waals surface area contributed by atoms with Crippen molar-refractivity contribution in [3.8, 4) is 0 Å². The minimum Gasteiger partial charge on any atom is -0.345 e. The lowest BCUT2D eigenvalue weighted by molar-refractivity contribution is -0.158. The van der Waals surface area contributed by atoms with Crippen LogP contribution in [-0.2, 0) is 4.79 Å². The first-order valence-corrected chi connectivity index (χ1v) is 12.3. The zero-order chi connectivity index (χ0) is 19.8.